The fourth-order valence-corrected chi connectivity index (χ4v) is 3.48. The molecule has 1 heterocycles. The lowest BCUT2D eigenvalue weighted by atomic mass is 9.96. The van der Waals surface area contributed by atoms with E-state index >= 15 is 0 Å². The number of carbonyl (C=O) groups is 1. The molecule has 0 N–H and O–H groups in total. The summed E-state index contributed by atoms with van der Waals surface area (Å²) in [7, 11) is 0. The highest BCUT2D eigenvalue weighted by Crippen LogP contribution is 2.25. The first kappa shape index (κ1) is 14.3. The smallest absolute Gasteiger partial charge is 0.131 e. The third kappa shape index (κ3) is 3.33. The number of nitrogens with zero attached hydrogens (tertiary/aromatic N) is 1. The second kappa shape index (κ2) is 6.40. The van der Waals surface area contributed by atoms with Crippen molar-refractivity contribution in [2.45, 2.75) is 45.2 Å². The Bertz CT molecular complexity index is 629. The normalized spacial score (nSPS) is 19.8. The van der Waals surface area contributed by atoms with Gasteiger partial charge in [-0.25, -0.2) is 0 Å². The lowest BCUT2D eigenvalue weighted by molar-refractivity contribution is -0.118. The molecular formula is C19H23NO. The van der Waals surface area contributed by atoms with Gasteiger partial charge in [-0.15, -0.1) is 0 Å². The van der Waals surface area contributed by atoms with Crippen molar-refractivity contribution >= 4 is 16.6 Å². The maximum atomic E-state index is 11.5. The van der Waals surface area contributed by atoms with Gasteiger partial charge >= 0.3 is 0 Å². The van der Waals surface area contributed by atoms with E-state index in [-0.39, 0.29) is 0 Å². The van der Waals surface area contributed by atoms with Crippen molar-refractivity contribution in [1.29, 1.82) is 0 Å². The first-order valence-corrected chi connectivity index (χ1v) is 7.94. The molecule has 0 spiro atoms. The number of fused-ring (bicyclic) bond motifs is 1. The van der Waals surface area contributed by atoms with Crippen LogP contribution < -0.4 is 0 Å². The van der Waals surface area contributed by atoms with Gasteiger partial charge < -0.3 is 0 Å². The molecule has 0 bridgehead atoms. The molecule has 0 amide bonds. The number of likely N-dealkylation sites (tertiary alicyclic amines) is 1. The lowest BCUT2D eigenvalue weighted by Crippen LogP contribution is -2.40. The summed E-state index contributed by atoms with van der Waals surface area (Å²) in [6.45, 7) is 3.78. The molecule has 110 valence electrons. The Hall–Kier alpha value is -1.67. The van der Waals surface area contributed by atoms with Crippen LogP contribution in [0.4, 0.5) is 0 Å². The topological polar surface area (TPSA) is 20.3 Å². The molecule has 2 aromatic carbocycles. The van der Waals surface area contributed by atoms with Crippen LogP contribution in [0, 0.1) is 0 Å². The van der Waals surface area contributed by atoms with Crippen molar-refractivity contribution in [3.8, 4) is 0 Å². The summed E-state index contributed by atoms with van der Waals surface area (Å²) >= 11 is 0. The van der Waals surface area contributed by atoms with Gasteiger partial charge in [-0.2, -0.15) is 0 Å². The van der Waals surface area contributed by atoms with Gasteiger partial charge in [0.25, 0.3) is 0 Å². The lowest BCUT2D eigenvalue weighted by Gasteiger charge is -2.35. The zero-order chi connectivity index (χ0) is 14.7. The number of piperidine rings is 1. The molecule has 1 saturated heterocycles. The second-order valence-corrected chi connectivity index (χ2v) is 6.16. The Kier molecular flexibility index (Phi) is 4.35. The third-order valence-corrected chi connectivity index (χ3v) is 4.53. The average Bonchev–Trinajstić information content (AvgIpc) is 2.49. The molecule has 21 heavy (non-hydrogen) atoms. The fraction of sp³-hybridized carbons (Fsp3) is 0.421. The van der Waals surface area contributed by atoms with Crippen LogP contribution in [0.2, 0.25) is 0 Å². The first-order valence-electron chi connectivity index (χ1n) is 7.94. The predicted octanol–water partition coefficient (Wildman–Crippen LogP) is 4.17. The van der Waals surface area contributed by atoms with E-state index in [1.807, 2.05) is 0 Å². The first-order chi connectivity index (χ1) is 10.2. The average molecular weight is 281 g/mol. The molecule has 1 aliphatic rings. The Balaban J connectivity index is 1.84. The minimum atomic E-state index is 0.310. The maximum absolute atomic E-state index is 11.5. The van der Waals surface area contributed by atoms with Gasteiger partial charge in [0.2, 0.25) is 0 Å². The number of rotatable bonds is 4. The molecular weight excluding hydrogens is 258 g/mol. The molecule has 0 saturated carbocycles. The zero-order valence-electron chi connectivity index (χ0n) is 12.7. The highest BCUT2D eigenvalue weighted by molar-refractivity contribution is 5.85. The predicted molar refractivity (Wildman–Crippen MR) is 87.3 cm³/mol. The van der Waals surface area contributed by atoms with Gasteiger partial charge in [0, 0.05) is 19.0 Å². The van der Waals surface area contributed by atoms with Crippen LogP contribution >= 0.6 is 0 Å². The Morgan fingerprint density at radius 1 is 1.14 bits per heavy atom. The SMILES string of the molecule is CC(=O)CC1CCCCN1Cc1cccc2ccccc12. The number of hydrogen-bond donors (Lipinski definition) is 0. The largest absolute Gasteiger partial charge is 0.300 e. The van der Waals surface area contributed by atoms with E-state index in [0.717, 1.165) is 19.5 Å². The molecule has 1 unspecified atom stereocenters. The maximum Gasteiger partial charge on any atom is 0.131 e. The monoisotopic (exact) mass is 281 g/mol. The van der Waals surface area contributed by atoms with Gasteiger partial charge in [0.05, 0.1) is 0 Å². The molecule has 1 atom stereocenters. The minimum absolute atomic E-state index is 0.310. The van der Waals surface area contributed by atoms with Gasteiger partial charge in [-0.05, 0) is 42.6 Å². The van der Waals surface area contributed by atoms with Crippen molar-refractivity contribution < 1.29 is 4.79 Å². The summed E-state index contributed by atoms with van der Waals surface area (Å²) in [5.41, 5.74) is 1.38. The molecule has 2 aromatic rings. The zero-order valence-corrected chi connectivity index (χ0v) is 12.7. The van der Waals surface area contributed by atoms with Crippen LogP contribution in [0.3, 0.4) is 0 Å². The molecule has 1 aliphatic heterocycles. The van der Waals surface area contributed by atoms with E-state index in [9.17, 15) is 4.79 Å². The number of carbonyl (C=O) groups excluding carboxylic acids is 1. The molecule has 3 rings (SSSR count). The van der Waals surface area contributed by atoms with Crippen LogP contribution in [0.15, 0.2) is 42.5 Å². The van der Waals surface area contributed by atoms with E-state index in [4.69, 9.17) is 0 Å². The molecule has 0 radical (unpaired) electrons. The summed E-state index contributed by atoms with van der Waals surface area (Å²) in [6.07, 6.45) is 4.36. The fourth-order valence-electron chi connectivity index (χ4n) is 3.48. The highest BCUT2D eigenvalue weighted by atomic mass is 16.1. The quantitative estimate of drug-likeness (QED) is 0.838. The van der Waals surface area contributed by atoms with Crippen LogP contribution in [-0.4, -0.2) is 23.3 Å². The second-order valence-electron chi connectivity index (χ2n) is 6.16. The van der Waals surface area contributed by atoms with Crippen molar-refractivity contribution in [2.24, 2.45) is 0 Å². The van der Waals surface area contributed by atoms with Crippen molar-refractivity contribution in [3.05, 3.63) is 48.0 Å². The summed E-state index contributed by atoms with van der Waals surface area (Å²) in [5, 5.41) is 2.64. The minimum Gasteiger partial charge on any atom is -0.300 e. The number of benzene rings is 2. The summed E-state index contributed by atoms with van der Waals surface area (Å²) in [4.78, 5) is 14.0. The molecule has 0 aliphatic carbocycles. The molecule has 2 nitrogen and oxygen atoms in total. The van der Waals surface area contributed by atoms with Gasteiger partial charge in [0.1, 0.15) is 5.78 Å². The van der Waals surface area contributed by atoms with E-state index in [1.54, 1.807) is 6.92 Å². The Morgan fingerprint density at radius 2 is 1.95 bits per heavy atom. The Morgan fingerprint density at radius 3 is 2.81 bits per heavy atom. The summed E-state index contributed by atoms with van der Waals surface area (Å²) in [6, 6.07) is 15.5. The van der Waals surface area contributed by atoms with Crippen molar-refractivity contribution in [1.82, 2.24) is 4.90 Å². The van der Waals surface area contributed by atoms with Gasteiger partial charge in [0.15, 0.2) is 0 Å². The third-order valence-electron chi connectivity index (χ3n) is 4.53. The van der Waals surface area contributed by atoms with E-state index in [1.165, 1.54) is 29.2 Å². The summed E-state index contributed by atoms with van der Waals surface area (Å²) in [5.74, 6) is 0.310. The van der Waals surface area contributed by atoms with Crippen LogP contribution in [0.25, 0.3) is 10.8 Å². The molecule has 2 heteroatoms. The van der Waals surface area contributed by atoms with E-state index < -0.39 is 0 Å². The van der Waals surface area contributed by atoms with E-state index in [0.29, 0.717) is 18.2 Å². The Labute approximate surface area is 126 Å². The number of ketones is 1. The van der Waals surface area contributed by atoms with Crippen molar-refractivity contribution in [2.75, 3.05) is 6.54 Å². The van der Waals surface area contributed by atoms with Crippen LogP contribution in [0.5, 0.6) is 0 Å². The van der Waals surface area contributed by atoms with Crippen molar-refractivity contribution in [3.63, 3.8) is 0 Å². The van der Waals surface area contributed by atoms with Gasteiger partial charge in [-0.3, -0.25) is 9.69 Å². The standard InChI is InChI=1S/C19H23NO/c1-15(21)13-18-10-4-5-12-20(18)14-17-9-6-8-16-7-2-3-11-19(16)17/h2-3,6-9,11,18H,4-5,10,12-14H2,1H3. The molecule has 0 aromatic heterocycles. The molecule has 1 fully saturated rings. The highest BCUT2D eigenvalue weighted by Gasteiger charge is 2.23. The van der Waals surface area contributed by atoms with E-state index in [2.05, 4.69) is 47.4 Å². The van der Waals surface area contributed by atoms with Crippen LogP contribution in [-0.2, 0) is 11.3 Å². The summed E-state index contributed by atoms with van der Waals surface area (Å²) < 4.78 is 0. The number of hydrogen-bond acceptors (Lipinski definition) is 2. The number of Topliss-reactive ketones (excluding diaryl/α,β-unsaturated/α-hetero) is 1. The van der Waals surface area contributed by atoms with Gasteiger partial charge in [-0.1, -0.05) is 48.9 Å². The van der Waals surface area contributed by atoms with Crippen LogP contribution in [0.1, 0.15) is 38.2 Å².